The van der Waals surface area contributed by atoms with Crippen molar-refractivity contribution in [1.82, 2.24) is 10.2 Å². The molecule has 1 amide bonds. The third-order valence-electron chi connectivity index (χ3n) is 3.76. The lowest BCUT2D eigenvalue weighted by molar-refractivity contribution is -0.137. The average Bonchev–Trinajstić information content (AvgIpc) is 3.30. The van der Waals surface area contributed by atoms with Crippen LogP contribution < -0.4 is 10.1 Å². The molecule has 7 heteroatoms. The minimum absolute atomic E-state index is 0.0840. The lowest BCUT2D eigenvalue weighted by atomic mass is 10.2. The highest BCUT2D eigenvalue weighted by molar-refractivity contribution is 6.02. The van der Waals surface area contributed by atoms with Crippen molar-refractivity contribution in [3.8, 4) is 5.75 Å². The van der Waals surface area contributed by atoms with E-state index in [1.807, 2.05) is 0 Å². The molecule has 0 bridgehead atoms. The Hall–Kier alpha value is -2.83. The van der Waals surface area contributed by atoms with E-state index in [1.54, 1.807) is 30.3 Å². The van der Waals surface area contributed by atoms with Gasteiger partial charge in [0, 0.05) is 23.7 Å². The number of aromatic amines is 1. The second kappa shape index (κ2) is 7.16. The van der Waals surface area contributed by atoms with Crippen LogP contribution in [0.25, 0.3) is 0 Å². The topological polar surface area (TPSA) is 104 Å². The van der Waals surface area contributed by atoms with Gasteiger partial charge < -0.3 is 15.2 Å². The Labute approximate surface area is 139 Å². The van der Waals surface area contributed by atoms with Crippen LogP contribution in [0.1, 0.15) is 47.8 Å². The van der Waals surface area contributed by atoms with Crippen LogP contribution in [0, 0.1) is 0 Å². The van der Waals surface area contributed by atoms with E-state index in [-0.39, 0.29) is 12.3 Å². The van der Waals surface area contributed by atoms with Gasteiger partial charge in [0.05, 0.1) is 6.61 Å². The number of aromatic nitrogens is 2. The van der Waals surface area contributed by atoms with E-state index in [1.165, 1.54) is 0 Å². The first-order valence-corrected chi connectivity index (χ1v) is 7.93. The molecule has 0 spiro atoms. The number of carboxylic acid groups (broad SMARTS) is 1. The Kier molecular flexibility index (Phi) is 4.79. The van der Waals surface area contributed by atoms with Gasteiger partial charge in [-0.2, -0.15) is 5.10 Å². The van der Waals surface area contributed by atoms with E-state index in [4.69, 9.17) is 9.84 Å². The van der Waals surface area contributed by atoms with Gasteiger partial charge >= 0.3 is 5.97 Å². The summed E-state index contributed by atoms with van der Waals surface area (Å²) in [5.41, 5.74) is 2.05. The molecule has 7 nitrogen and oxygen atoms in total. The first-order valence-electron chi connectivity index (χ1n) is 7.93. The summed E-state index contributed by atoms with van der Waals surface area (Å²) in [7, 11) is 0. The quantitative estimate of drug-likeness (QED) is 0.646. The summed E-state index contributed by atoms with van der Waals surface area (Å²) in [5.74, 6) is 0.0685. The number of H-pyrrole nitrogens is 1. The van der Waals surface area contributed by atoms with Gasteiger partial charge in [-0.25, -0.2) is 0 Å². The number of rotatable bonds is 8. The molecule has 1 saturated carbocycles. The highest BCUT2D eigenvalue weighted by Gasteiger charge is 2.26. The molecular formula is C17H19N3O4. The van der Waals surface area contributed by atoms with E-state index in [0.29, 0.717) is 36.1 Å². The smallest absolute Gasteiger partial charge is 0.303 e. The maximum Gasteiger partial charge on any atom is 0.303 e. The summed E-state index contributed by atoms with van der Waals surface area (Å²) >= 11 is 0. The molecular weight excluding hydrogens is 310 g/mol. The van der Waals surface area contributed by atoms with E-state index < -0.39 is 5.97 Å². The molecule has 1 aromatic carbocycles. The summed E-state index contributed by atoms with van der Waals surface area (Å²) in [6.45, 7) is 0.342. The van der Waals surface area contributed by atoms with Crippen LogP contribution in [-0.2, 0) is 4.79 Å². The Morgan fingerprint density at radius 3 is 2.71 bits per heavy atom. The number of carbonyl (C=O) groups is 2. The van der Waals surface area contributed by atoms with Gasteiger partial charge in [0.25, 0.3) is 5.91 Å². The number of hydrogen-bond acceptors (Lipinski definition) is 4. The highest BCUT2D eigenvalue weighted by Crippen LogP contribution is 2.39. The Balaban J connectivity index is 1.49. The van der Waals surface area contributed by atoms with Crippen molar-refractivity contribution in [2.45, 2.75) is 31.6 Å². The van der Waals surface area contributed by atoms with Crippen LogP contribution in [-0.4, -0.2) is 33.8 Å². The number of ether oxygens (including phenoxy) is 1. The SMILES string of the molecule is O=C(O)CCCOc1ccc(NC(=O)c2cc(C3CC3)[nH]n2)cc1. The lowest BCUT2D eigenvalue weighted by Crippen LogP contribution is -2.12. The molecule has 0 saturated heterocycles. The van der Waals surface area contributed by atoms with Crippen molar-refractivity contribution < 1.29 is 19.4 Å². The van der Waals surface area contributed by atoms with Crippen molar-refractivity contribution in [1.29, 1.82) is 0 Å². The van der Waals surface area contributed by atoms with Gasteiger partial charge in [-0.15, -0.1) is 0 Å². The maximum absolute atomic E-state index is 12.1. The summed E-state index contributed by atoms with van der Waals surface area (Å²) in [6, 6.07) is 8.73. The van der Waals surface area contributed by atoms with Gasteiger partial charge in [0.1, 0.15) is 5.75 Å². The monoisotopic (exact) mass is 329 g/mol. The molecule has 1 aliphatic rings. The summed E-state index contributed by atoms with van der Waals surface area (Å²) < 4.78 is 5.44. The predicted molar refractivity (Wildman–Crippen MR) is 87.3 cm³/mol. The minimum Gasteiger partial charge on any atom is -0.494 e. The summed E-state index contributed by atoms with van der Waals surface area (Å²) in [6.07, 6.45) is 2.84. The molecule has 3 rings (SSSR count). The molecule has 0 unspecified atom stereocenters. The number of nitrogens with one attached hydrogen (secondary N) is 2. The molecule has 0 radical (unpaired) electrons. The standard InChI is InChI=1S/C17H19N3O4/c21-16(22)2-1-9-24-13-7-5-12(6-8-13)18-17(23)15-10-14(19-20-15)11-3-4-11/h5-8,10-11H,1-4,9H2,(H,18,23)(H,19,20)(H,21,22). The maximum atomic E-state index is 12.1. The van der Waals surface area contributed by atoms with Crippen LogP contribution in [0.5, 0.6) is 5.75 Å². The van der Waals surface area contributed by atoms with Crippen LogP contribution in [0.2, 0.25) is 0 Å². The van der Waals surface area contributed by atoms with Crippen molar-refractivity contribution >= 4 is 17.6 Å². The first kappa shape index (κ1) is 16.0. The zero-order valence-electron chi connectivity index (χ0n) is 13.1. The van der Waals surface area contributed by atoms with Gasteiger partial charge in [-0.1, -0.05) is 0 Å². The van der Waals surface area contributed by atoms with Gasteiger partial charge in [-0.05, 0) is 49.6 Å². The van der Waals surface area contributed by atoms with Crippen molar-refractivity contribution in [2.75, 3.05) is 11.9 Å². The van der Waals surface area contributed by atoms with Crippen LogP contribution in [0.3, 0.4) is 0 Å². The fourth-order valence-corrected chi connectivity index (χ4v) is 2.30. The van der Waals surface area contributed by atoms with Crippen molar-refractivity contribution in [3.05, 3.63) is 41.7 Å². The molecule has 1 aromatic heterocycles. The van der Waals surface area contributed by atoms with Gasteiger partial charge in [-0.3, -0.25) is 14.7 Å². The normalized spacial score (nSPS) is 13.5. The predicted octanol–water partition coefficient (Wildman–Crippen LogP) is 2.78. The second-order valence-corrected chi connectivity index (χ2v) is 5.81. The molecule has 0 atom stereocenters. The van der Waals surface area contributed by atoms with Crippen LogP contribution in [0.4, 0.5) is 5.69 Å². The Morgan fingerprint density at radius 1 is 1.29 bits per heavy atom. The Morgan fingerprint density at radius 2 is 2.04 bits per heavy atom. The van der Waals surface area contributed by atoms with Crippen molar-refractivity contribution in [2.24, 2.45) is 0 Å². The summed E-state index contributed by atoms with van der Waals surface area (Å²) in [5, 5.41) is 18.3. The molecule has 126 valence electrons. The van der Waals surface area contributed by atoms with Gasteiger partial charge in [0.2, 0.25) is 0 Å². The molecule has 1 aliphatic carbocycles. The number of anilines is 1. The zero-order chi connectivity index (χ0) is 16.9. The summed E-state index contributed by atoms with van der Waals surface area (Å²) in [4.78, 5) is 22.6. The molecule has 0 aliphatic heterocycles. The van der Waals surface area contributed by atoms with E-state index in [2.05, 4.69) is 15.5 Å². The number of amides is 1. The van der Waals surface area contributed by atoms with E-state index in [0.717, 1.165) is 18.5 Å². The molecule has 1 fully saturated rings. The third-order valence-corrected chi connectivity index (χ3v) is 3.76. The number of aliphatic carboxylic acids is 1. The fourth-order valence-electron chi connectivity index (χ4n) is 2.30. The molecule has 2 aromatic rings. The average molecular weight is 329 g/mol. The molecule has 1 heterocycles. The second-order valence-electron chi connectivity index (χ2n) is 5.81. The largest absolute Gasteiger partial charge is 0.494 e. The number of carbonyl (C=O) groups excluding carboxylic acids is 1. The molecule has 24 heavy (non-hydrogen) atoms. The number of benzene rings is 1. The number of hydrogen-bond donors (Lipinski definition) is 3. The first-order chi connectivity index (χ1) is 11.6. The number of nitrogens with zero attached hydrogens (tertiary/aromatic N) is 1. The highest BCUT2D eigenvalue weighted by atomic mass is 16.5. The minimum atomic E-state index is -0.833. The van der Waals surface area contributed by atoms with Gasteiger partial charge in [0.15, 0.2) is 5.69 Å². The Bertz CT molecular complexity index is 720. The van der Waals surface area contributed by atoms with E-state index in [9.17, 15) is 9.59 Å². The lowest BCUT2D eigenvalue weighted by Gasteiger charge is -2.07. The van der Waals surface area contributed by atoms with Crippen molar-refractivity contribution in [3.63, 3.8) is 0 Å². The van der Waals surface area contributed by atoms with Crippen LogP contribution in [0.15, 0.2) is 30.3 Å². The van der Waals surface area contributed by atoms with E-state index >= 15 is 0 Å². The van der Waals surface area contributed by atoms with Crippen LogP contribution >= 0.6 is 0 Å². The fraction of sp³-hybridized carbons (Fsp3) is 0.353. The third kappa shape index (κ3) is 4.34. The molecule has 3 N–H and O–H groups in total. The number of carboxylic acids is 1. The zero-order valence-corrected chi connectivity index (χ0v) is 13.1.